The van der Waals surface area contributed by atoms with Crippen LogP contribution in [0.5, 0.6) is 0 Å². The molecule has 2 N–H and O–H groups in total. The molecule has 2 aromatic heterocycles. The van der Waals surface area contributed by atoms with Crippen LogP contribution in [0.25, 0.3) is 28.2 Å². The molecule has 1 aliphatic carbocycles. The quantitative estimate of drug-likeness (QED) is 0.351. The van der Waals surface area contributed by atoms with Crippen molar-refractivity contribution in [2.24, 2.45) is 5.73 Å². The van der Waals surface area contributed by atoms with E-state index in [2.05, 4.69) is 9.97 Å². The van der Waals surface area contributed by atoms with E-state index in [9.17, 15) is 0 Å². The van der Waals surface area contributed by atoms with Crippen molar-refractivity contribution in [1.82, 2.24) is 19.5 Å². The highest BCUT2D eigenvalue weighted by atomic mass is 35.5. The molecule has 0 bridgehead atoms. The van der Waals surface area contributed by atoms with Gasteiger partial charge in [0.15, 0.2) is 5.65 Å². The SMILES string of the molecule is NC1(Cc2ncnc3c2nc(-c2ccc(Cl)cc2Cl)n3-c2ccc(Cl)cc2)CCCCC1. The molecular weight excluding hydrogens is 465 g/mol. The van der Waals surface area contributed by atoms with E-state index in [-0.39, 0.29) is 5.54 Å². The molecule has 0 spiro atoms. The lowest BCUT2D eigenvalue weighted by Gasteiger charge is -2.33. The van der Waals surface area contributed by atoms with Gasteiger partial charge in [-0.1, -0.05) is 54.1 Å². The fraction of sp³-hybridized carbons (Fsp3) is 0.292. The number of fused-ring (bicyclic) bond motifs is 1. The second kappa shape index (κ2) is 8.64. The molecule has 5 nitrogen and oxygen atoms in total. The maximum Gasteiger partial charge on any atom is 0.168 e. The molecule has 0 unspecified atom stereocenters. The van der Waals surface area contributed by atoms with Crippen LogP contribution in [0, 0.1) is 0 Å². The third-order valence-corrected chi connectivity index (χ3v) is 6.95. The number of hydrogen-bond acceptors (Lipinski definition) is 4. The number of halogens is 3. The lowest BCUT2D eigenvalue weighted by molar-refractivity contribution is 0.292. The zero-order chi connectivity index (χ0) is 22.3. The standard InChI is InChI=1S/C24H22Cl3N5/c25-15-4-7-17(8-5-15)32-22(18-9-6-16(26)12-19(18)27)31-21-20(29-14-30-23(21)32)13-24(28)10-2-1-3-11-24/h4-9,12,14H,1-3,10-11,13,28H2. The van der Waals surface area contributed by atoms with Crippen molar-refractivity contribution in [2.75, 3.05) is 0 Å². The number of imidazole rings is 1. The van der Waals surface area contributed by atoms with Gasteiger partial charge in [-0.3, -0.25) is 4.57 Å². The molecule has 0 atom stereocenters. The van der Waals surface area contributed by atoms with Gasteiger partial charge in [0.2, 0.25) is 0 Å². The fourth-order valence-corrected chi connectivity index (χ4v) is 5.14. The Bertz CT molecular complexity index is 1280. The van der Waals surface area contributed by atoms with Crippen molar-refractivity contribution in [2.45, 2.75) is 44.1 Å². The molecule has 5 rings (SSSR count). The highest BCUT2D eigenvalue weighted by molar-refractivity contribution is 6.36. The summed E-state index contributed by atoms with van der Waals surface area (Å²) in [4.78, 5) is 14.2. The van der Waals surface area contributed by atoms with Crippen LogP contribution < -0.4 is 5.73 Å². The average molecular weight is 487 g/mol. The molecule has 0 amide bonds. The largest absolute Gasteiger partial charge is 0.325 e. The van der Waals surface area contributed by atoms with E-state index in [4.69, 9.17) is 45.5 Å². The molecule has 4 aromatic rings. The number of nitrogens with zero attached hydrogens (tertiary/aromatic N) is 4. The predicted octanol–water partition coefficient (Wildman–Crippen LogP) is 6.65. The van der Waals surface area contributed by atoms with Crippen LogP contribution in [0.4, 0.5) is 0 Å². The summed E-state index contributed by atoms with van der Waals surface area (Å²) < 4.78 is 1.98. The predicted molar refractivity (Wildman–Crippen MR) is 131 cm³/mol. The number of hydrogen-bond donors (Lipinski definition) is 1. The van der Waals surface area contributed by atoms with Gasteiger partial charge in [-0.05, 0) is 55.3 Å². The van der Waals surface area contributed by atoms with Crippen LogP contribution in [0.3, 0.4) is 0 Å². The van der Waals surface area contributed by atoms with Gasteiger partial charge >= 0.3 is 0 Å². The second-order valence-electron chi connectivity index (χ2n) is 8.46. The van der Waals surface area contributed by atoms with Crippen molar-refractivity contribution in [1.29, 1.82) is 0 Å². The van der Waals surface area contributed by atoms with E-state index in [1.165, 1.54) is 6.42 Å². The molecule has 8 heteroatoms. The summed E-state index contributed by atoms with van der Waals surface area (Å²) in [5.41, 5.74) is 10.4. The number of aromatic nitrogens is 4. The van der Waals surface area contributed by atoms with Gasteiger partial charge in [-0.15, -0.1) is 0 Å². The van der Waals surface area contributed by atoms with Crippen molar-refractivity contribution in [3.05, 3.63) is 69.6 Å². The summed E-state index contributed by atoms with van der Waals surface area (Å²) in [5.74, 6) is 0.667. The van der Waals surface area contributed by atoms with Crippen molar-refractivity contribution >= 4 is 46.0 Å². The van der Waals surface area contributed by atoms with Crippen LogP contribution in [-0.4, -0.2) is 25.1 Å². The summed E-state index contributed by atoms with van der Waals surface area (Å²) in [5, 5.41) is 1.73. The van der Waals surface area contributed by atoms with E-state index in [1.807, 2.05) is 34.9 Å². The van der Waals surface area contributed by atoms with Gasteiger partial charge in [0, 0.05) is 33.3 Å². The van der Waals surface area contributed by atoms with Crippen molar-refractivity contribution in [3.63, 3.8) is 0 Å². The Morgan fingerprint density at radius 2 is 1.62 bits per heavy atom. The average Bonchev–Trinajstić information content (AvgIpc) is 3.15. The summed E-state index contributed by atoms with van der Waals surface area (Å²) in [6.45, 7) is 0. The minimum absolute atomic E-state index is 0.262. The minimum Gasteiger partial charge on any atom is -0.325 e. The summed E-state index contributed by atoms with van der Waals surface area (Å²) in [7, 11) is 0. The number of nitrogens with two attached hydrogens (primary N) is 1. The van der Waals surface area contributed by atoms with E-state index in [0.29, 0.717) is 33.0 Å². The van der Waals surface area contributed by atoms with E-state index >= 15 is 0 Å². The highest BCUT2D eigenvalue weighted by Crippen LogP contribution is 2.36. The smallest absolute Gasteiger partial charge is 0.168 e. The normalized spacial score (nSPS) is 15.9. The molecular formula is C24H22Cl3N5. The maximum absolute atomic E-state index is 6.76. The lowest BCUT2D eigenvalue weighted by Crippen LogP contribution is -2.44. The first-order valence-electron chi connectivity index (χ1n) is 10.7. The Labute approximate surface area is 201 Å². The van der Waals surface area contributed by atoms with Crippen LogP contribution >= 0.6 is 34.8 Å². The monoisotopic (exact) mass is 485 g/mol. The van der Waals surface area contributed by atoms with Gasteiger partial charge in [0.1, 0.15) is 17.7 Å². The second-order valence-corrected chi connectivity index (χ2v) is 9.74. The summed E-state index contributed by atoms with van der Waals surface area (Å²) in [6.07, 6.45) is 7.77. The van der Waals surface area contributed by atoms with Gasteiger partial charge in [0.05, 0.1) is 10.7 Å². The molecule has 32 heavy (non-hydrogen) atoms. The first kappa shape index (κ1) is 21.7. The Morgan fingerprint density at radius 1 is 0.906 bits per heavy atom. The first-order valence-corrected chi connectivity index (χ1v) is 11.8. The Hall–Kier alpha value is -2.18. The Kier molecular flexibility index (Phi) is 5.84. The van der Waals surface area contributed by atoms with Crippen LogP contribution in [0.15, 0.2) is 48.8 Å². The third-order valence-electron chi connectivity index (χ3n) is 6.15. The third kappa shape index (κ3) is 4.11. The molecule has 0 saturated heterocycles. The van der Waals surface area contributed by atoms with Crippen LogP contribution in [0.1, 0.15) is 37.8 Å². The van der Waals surface area contributed by atoms with Gasteiger partial charge < -0.3 is 5.73 Å². The zero-order valence-corrected chi connectivity index (χ0v) is 19.6. The Balaban J connectivity index is 1.72. The van der Waals surface area contributed by atoms with Gasteiger partial charge in [-0.2, -0.15) is 0 Å². The van der Waals surface area contributed by atoms with Crippen LogP contribution in [-0.2, 0) is 6.42 Å². The topological polar surface area (TPSA) is 69.6 Å². The van der Waals surface area contributed by atoms with E-state index < -0.39 is 0 Å². The Morgan fingerprint density at radius 3 is 2.34 bits per heavy atom. The summed E-state index contributed by atoms with van der Waals surface area (Å²) in [6, 6.07) is 12.9. The van der Waals surface area contributed by atoms with Crippen molar-refractivity contribution in [3.8, 4) is 17.1 Å². The van der Waals surface area contributed by atoms with Gasteiger partial charge in [-0.25, -0.2) is 15.0 Å². The molecule has 1 saturated carbocycles. The molecule has 0 aliphatic heterocycles. The van der Waals surface area contributed by atoms with Gasteiger partial charge in [0.25, 0.3) is 0 Å². The number of benzene rings is 2. The molecule has 0 radical (unpaired) electrons. The molecule has 2 aromatic carbocycles. The molecule has 2 heterocycles. The molecule has 1 fully saturated rings. The molecule has 1 aliphatic rings. The fourth-order valence-electron chi connectivity index (χ4n) is 4.52. The lowest BCUT2D eigenvalue weighted by atomic mass is 9.79. The maximum atomic E-state index is 6.76. The van der Waals surface area contributed by atoms with Crippen molar-refractivity contribution < 1.29 is 0 Å². The highest BCUT2D eigenvalue weighted by Gasteiger charge is 2.30. The van der Waals surface area contributed by atoms with E-state index in [0.717, 1.165) is 48.1 Å². The zero-order valence-electron chi connectivity index (χ0n) is 17.4. The molecule has 164 valence electrons. The summed E-state index contributed by atoms with van der Waals surface area (Å²) >= 11 is 18.9. The first-order chi connectivity index (χ1) is 15.4. The number of rotatable bonds is 4. The van der Waals surface area contributed by atoms with Crippen LogP contribution in [0.2, 0.25) is 15.1 Å². The van der Waals surface area contributed by atoms with E-state index in [1.54, 1.807) is 18.5 Å². The minimum atomic E-state index is -0.262.